The van der Waals surface area contributed by atoms with E-state index in [9.17, 15) is 36.5 Å². The SMILES string of the molecule is COc1cc([N+](=O)[O-])ccc1S(=O)(=O)Oc1ccc2c(C(F)(F)F)cc(=O)oc2c1. The van der Waals surface area contributed by atoms with Crippen molar-refractivity contribution < 1.29 is 39.8 Å². The lowest BCUT2D eigenvalue weighted by Gasteiger charge is -2.12. The van der Waals surface area contributed by atoms with Crippen molar-refractivity contribution in [3.8, 4) is 11.5 Å². The number of fused-ring (bicyclic) bond motifs is 1. The van der Waals surface area contributed by atoms with Gasteiger partial charge in [0, 0.05) is 23.6 Å². The molecule has 0 atom stereocenters. The zero-order valence-electron chi connectivity index (χ0n) is 14.8. The predicted molar refractivity (Wildman–Crippen MR) is 94.9 cm³/mol. The summed E-state index contributed by atoms with van der Waals surface area (Å²) in [7, 11) is -3.52. The number of hydrogen-bond donors (Lipinski definition) is 0. The Morgan fingerprint density at radius 3 is 2.40 bits per heavy atom. The fourth-order valence-electron chi connectivity index (χ4n) is 2.58. The van der Waals surface area contributed by atoms with Crippen LogP contribution in [0.3, 0.4) is 0 Å². The molecular formula is C17H10F3NO8S. The van der Waals surface area contributed by atoms with Crippen molar-refractivity contribution in [3.05, 3.63) is 68.6 Å². The smallest absolute Gasteiger partial charge is 0.417 e. The normalized spacial score (nSPS) is 12.0. The molecule has 0 bridgehead atoms. The highest BCUT2D eigenvalue weighted by molar-refractivity contribution is 7.87. The van der Waals surface area contributed by atoms with Crippen molar-refractivity contribution in [1.29, 1.82) is 0 Å². The van der Waals surface area contributed by atoms with Crippen molar-refractivity contribution in [3.63, 3.8) is 0 Å². The average Bonchev–Trinajstić information content (AvgIpc) is 2.65. The highest BCUT2D eigenvalue weighted by Crippen LogP contribution is 2.36. The van der Waals surface area contributed by atoms with Crippen LogP contribution in [0.5, 0.6) is 11.5 Å². The highest BCUT2D eigenvalue weighted by atomic mass is 32.2. The molecule has 158 valence electrons. The number of methoxy groups -OCH3 is 1. The van der Waals surface area contributed by atoms with Crippen molar-refractivity contribution in [1.82, 2.24) is 0 Å². The summed E-state index contributed by atoms with van der Waals surface area (Å²) in [6, 6.07) is 5.57. The Morgan fingerprint density at radius 2 is 1.80 bits per heavy atom. The summed E-state index contributed by atoms with van der Waals surface area (Å²) in [4.78, 5) is 21.0. The quantitative estimate of drug-likeness (QED) is 0.253. The predicted octanol–water partition coefficient (Wildman–Crippen LogP) is 3.50. The van der Waals surface area contributed by atoms with E-state index in [0.29, 0.717) is 0 Å². The van der Waals surface area contributed by atoms with Crippen LogP contribution in [0.2, 0.25) is 0 Å². The summed E-state index contributed by atoms with van der Waals surface area (Å²) in [6.07, 6.45) is -4.84. The molecule has 13 heteroatoms. The first-order chi connectivity index (χ1) is 13.9. The second kappa shape index (κ2) is 7.33. The van der Waals surface area contributed by atoms with Crippen molar-refractivity contribution in [2.45, 2.75) is 11.1 Å². The summed E-state index contributed by atoms with van der Waals surface area (Å²) >= 11 is 0. The summed E-state index contributed by atoms with van der Waals surface area (Å²) in [5.74, 6) is -0.832. The molecule has 0 aliphatic rings. The first kappa shape index (κ1) is 21.1. The van der Waals surface area contributed by atoms with E-state index in [1.54, 1.807) is 0 Å². The van der Waals surface area contributed by atoms with Gasteiger partial charge in [0.05, 0.1) is 23.7 Å². The van der Waals surface area contributed by atoms with E-state index >= 15 is 0 Å². The lowest BCUT2D eigenvalue weighted by atomic mass is 10.1. The van der Waals surface area contributed by atoms with Crippen LogP contribution in [-0.4, -0.2) is 20.5 Å². The van der Waals surface area contributed by atoms with E-state index in [2.05, 4.69) is 0 Å². The Labute approximate surface area is 165 Å². The van der Waals surface area contributed by atoms with Gasteiger partial charge in [-0.05, 0) is 18.2 Å². The van der Waals surface area contributed by atoms with Gasteiger partial charge in [-0.2, -0.15) is 21.6 Å². The number of benzene rings is 2. The van der Waals surface area contributed by atoms with Gasteiger partial charge in [-0.15, -0.1) is 0 Å². The molecule has 0 aliphatic carbocycles. The number of halogens is 3. The van der Waals surface area contributed by atoms with Gasteiger partial charge in [0.25, 0.3) is 5.69 Å². The maximum atomic E-state index is 13.1. The molecule has 0 aliphatic heterocycles. The zero-order chi connectivity index (χ0) is 22.3. The molecule has 2 aromatic carbocycles. The zero-order valence-corrected chi connectivity index (χ0v) is 15.6. The second-order valence-corrected chi connectivity index (χ2v) is 7.28. The molecule has 30 heavy (non-hydrogen) atoms. The van der Waals surface area contributed by atoms with Gasteiger partial charge >= 0.3 is 21.9 Å². The summed E-state index contributed by atoms with van der Waals surface area (Å²) in [6.45, 7) is 0. The van der Waals surface area contributed by atoms with Crippen LogP contribution >= 0.6 is 0 Å². The third kappa shape index (κ3) is 4.05. The first-order valence-electron chi connectivity index (χ1n) is 7.84. The summed E-state index contributed by atoms with van der Waals surface area (Å²) in [5, 5.41) is 10.4. The third-order valence-corrected chi connectivity index (χ3v) is 5.14. The number of nitro benzene ring substituents is 1. The lowest BCUT2D eigenvalue weighted by molar-refractivity contribution is -0.385. The molecule has 3 aromatic rings. The van der Waals surface area contributed by atoms with Gasteiger partial charge in [0.2, 0.25) is 0 Å². The molecule has 0 radical (unpaired) electrons. The number of hydrogen-bond acceptors (Lipinski definition) is 8. The van der Waals surface area contributed by atoms with E-state index in [1.807, 2.05) is 0 Å². The Balaban J connectivity index is 2.06. The van der Waals surface area contributed by atoms with Crippen molar-refractivity contribution in [2.24, 2.45) is 0 Å². The number of nitrogens with zero attached hydrogens (tertiary/aromatic N) is 1. The molecule has 0 amide bonds. The van der Waals surface area contributed by atoms with Crippen LogP contribution in [0.4, 0.5) is 18.9 Å². The monoisotopic (exact) mass is 445 g/mol. The van der Waals surface area contributed by atoms with Crippen LogP contribution in [0.15, 0.2) is 56.6 Å². The minimum Gasteiger partial charge on any atom is -0.495 e. The molecule has 0 fully saturated rings. The highest BCUT2D eigenvalue weighted by Gasteiger charge is 2.34. The molecule has 9 nitrogen and oxygen atoms in total. The number of alkyl halides is 3. The number of ether oxygens (including phenoxy) is 1. The average molecular weight is 445 g/mol. The minimum absolute atomic E-state index is 0.279. The van der Waals surface area contributed by atoms with E-state index in [4.69, 9.17) is 13.3 Å². The van der Waals surface area contributed by atoms with Crippen LogP contribution in [-0.2, 0) is 16.3 Å². The van der Waals surface area contributed by atoms with Gasteiger partial charge in [0.1, 0.15) is 22.0 Å². The Bertz CT molecular complexity index is 1310. The third-order valence-electron chi connectivity index (χ3n) is 3.85. The van der Waals surface area contributed by atoms with Gasteiger partial charge in [-0.25, -0.2) is 4.79 Å². The van der Waals surface area contributed by atoms with Crippen molar-refractivity contribution >= 4 is 26.8 Å². The van der Waals surface area contributed by atoms with Crippen LogP contribution < -0.4 is 14.5 Å². The maximum absolute atomic E-state index is 13.1. The molecule has 0 saturated carbocycles. The van der Waals surface area contributed by atoms with Gasteiger partial charge in [0.15, 0.2) is 0 Å². The summed E-state index contributed by atoms with van der Waals surface area (Å²) in [5.41, 5.74) is -3.51. The van der Waals surface area contributed by atoms with Crippen LogP contribution in [0.25, 0.3) is 11.0 Å². The molecule has 0 N–H and O–H groups in total. The summed E-state index contributed by atoms with van der Waals surface area (Å²) < 4.78 is 78.8. The van der Waals surface area contributed by atoms with Crippen molar-refractivity contribution in [2.75, 3.05) is 7.11 Å². The molecule has 1 aromatic heterocycles. The van der Waals surface area contributed by atoms with Gasteiger partial charge in [-0.3, -0.25) is 10.1 Å². The molecule has 0 saturated heterocycles. The maximum Gasteiger partial charge on any atom is 0.417 e. The van der Waals surface area contributed by atoms with Gasteiger partial charge < -0.3 is 13.3 Å². The molecule has 0 spiro atoms. The number of nitro groups is 1. The molecule has 3 rings (SSSR count). The minimum atomic E-state index is -4.84. The second-order valence-electron chi connectivity index (χ2n) is 5.76. The standard InChI is InChI=1S/C17H10F3NO8S/c1-27-14-6-9(21(23)24)2-5-15(14)30(25,26)29-10-3-4-11-12(17(18,19)20)8-16(22)28-13(11)7-10/h2-8H,1H3. The Hall–Kier alpha value is -3.61. The number of non-ortho nitro benzene ring substituents is 1. The van der Waals surface area contributed by atoms with Crippen LogP contribution in [0, 0.1) is 10.1 Å². The Kier molecular flexibility index (Phi) is 5.16. The lowest BCUT2D eigenvalue weighted by Crippen LogP contribution is -2.12. The largest absolute Gasteiger partial charge is 0.495 e. The fraction of sp³-hybridized carbons (Fsp3) is 0.118. The van der Waals surface area contributed by atoms with Gasteiger partial charge in [-0.1, -0.05) is 0 Å². The Morgan fingerprint density at radius 1 is 1.10 bits per heavy atom. The van der Waals surface area contributed by atoms with E-state index in [-0.39, 0.29) is 11.8 Å². The van der Waals surface area contributed by atoms with E-state index in [1.165, 1.54) is 0 Å². The first-order valence-corrected chi connectivity index (χ1v) is 9.25. The topological polar surface area (TPSA) is 126 Å². The molecule has 1 heterocycles. The fourth-order valence-corrected chi connectivity index (χ4v) is 3.65. The molecule has 0 unspecified atom stereocenters. The van der Waals surface area contributed by atoms with E-state index < -0.39 is 59.7 Å². The number of rotatable bonds is 5. The van der Waals surface area contributed by atoms with E-state index in [0.717, 1.165) is 43.5 Å². The molecular weight excluding hydrogens is 435 g/mol. The van der Waals surface area contributed by atoms with Crippen LogP contribution in [0.1, 0.15) is 5.56 Å².